The molecule has 0 saturated carbocycles. The number of nitrogens with one attached hydrogen (secondary N) is 1. The molecule has 9 heteroatoms. The number of thioether (sulfide) groups is 1. The van der Waals surface area contributed by atoms with Crippen LogP contribution in [0.4, 0.5) is 5.69 Å². The van der Waals surface area contributed by atoms with Crippen LogP contribution in [0, 0.1) is 0 Å². The summed E-state index contributed by atoms with van der Waals surface area (Å²) in [5, 5.41) is 4.67. The van der Waals surface area contributed by atoms with Gasteiger partial charge in [-0.1, -0.05) is 35.5 Å². The summed E-state index contributed by atoms with van der Waals surface area (Å²) < 4.78 is 13.1. The van der Waals surface area contributed by atoms with Crippen molar-refractivity contribution in [1.82, 2.24) is 9.55 Å². The standard InChI is InChI=1S/C23H20ClN3O4S/c24-14-7-9-15(10-8-14)25-19(28)13-32-23-26-20-17-5-1-2-6-18(17)31-21(20)22(29)27(23)12-16-4-3-11-30-16/h1-2,5-10,16H,3-4,11-13H2,(H,25,28)/t16-/m1/s1. The van der Waals surface area contributed by atoms with Gasteiger partial charge in [0.05, 0.1) is 18.4 Å². The van der Waals surface area contributed by atoms with Gasteiger partial charge < -0.3 is 14.5 Å². The second-order valence-electron chi connectivity index (χ2n) is 7.56. The van der Waals surface area contributed by atoms with Crippen LogP contribution in [0.25, 0.3) is 22.1 Å². The van der Waals surface area contributed by atoms with Crippen LogP contribution in [0.15, 0.2) is 62.9 Å². The van der Waals surface area contributed by atoms with Gasteiger partial charge in [0, 0.05) is 22.7 Å². The van der Waals surface area contributed by atoms with Crippen molar-refractivity contribution in [2.75, 3.05) is 17.7 Å². The van der Waals surface area contributed by atoms with E-state index in [9.17, 15) is 9.59 Å². The molecule has 0 spiro atoms. The minimum atomic E-state index is -0.262. The van der Waals surface area contributed by atoms with Gasteiger partial charge in [-0.25, -0.2) is 4.98 Å². The number of furan rings is 1. The third kappa shape index (κ3) is 4.26. The first kappa shape index (κ1) is 21.1. The number of carbonyl (C=O) groups is 1. The summed E-state index contributed by atoms with van der Waals surface area (Å²) in [6.45, 7) is 1.06. The zero-order valence-electron chi connectivity index (χ0n) is 17.0. The molecule has 1 N–H and O–H groups in total. The number of carbonyl (C=O) groups excluding carboxylic acids is 1. The molecule has 0 aliphatic carbocycles. The average molecular weight is 470 g/mol. The summed E-state index contributed by atoms with van der Waals surface area (Å²) in [5.74, 6) is -0.102. The quantitative estimate of drug-likeness (QED) is 0.325. The van der Waals surface area contributed by atoms with E-state index in [1.807, 2.05) is 24.3 Å². The number of amides is 1. The molecular formula is C23H20ClN3O4S. The van der Waals surface area contributed by atoms with Crippen LogP contribution in [-0.4, -0.2) is 33.9 Å². The highest BCUT2D eigenvalue weighted by Crippen LogP contribution is 2.28. The highest BCUT2D eigenvalue weighted by atomic mass is 35.5. The van der Waals surface area contributed by atoms with E-state index < -0.39 is 0 Å². The van der Waals surface area contributed by atoms with Crippen LogP contribution >= 0.6 is 23.4 Å². The molecule has 1 fully saturated rings. The second-order valence-corrected chi connectivity index (χ2v) is 8.94. The van der Waals surface area contributed by atoms with Gasteiger partial charge in [-0.2, -0.15) is 0 Å². The van der Waals surface area contributed by atoms with E-state index in [0.29, 0.717) is 40.1 Å². The summed E-state index contributed by atoms with van der Waals surface area (Å²) >= 11 is 7.11. The maximum atomic E-state index is 13.3. The molecule has 0 unspecified atom stereocenters. The lowest BCUT2D eigenvalue weighted by Crippen LogP contribution is -2.29. The molecule has 1 aliphatic heterocycles. The minimum absolute atomic E-state index is 0.0569. The monoisotopic (exact) mass is 469 g/mol. The largest absolute Gasteiger partial charge is 0.448 e. The maximum absolute atomic E-state index is 13.3. The van der Waals surface area contributed by atoms with Gasteiger partial charge in [0.2, 0.25) is 11.5 Å². The molecule has 2 aromatic carbocycles. The fourth-order valence-electron chi connectivity index (χ4n) is 3.78. The Kier molecular flexibility index (Phi) is 5.91. The van der Waals surface area contributed by atoms with E-state index in [2.05, 4.69) is 5.32 Å². The first-order valence-electron chi connectivity index (χ1n) is 10.3. The number of hydrogen-bond acceptors (Lipinski definition) is 6. The number of halogens is 1. The fourth-order valence-corrected chi connectivity index (χ4v) is 4.70. The van der Waals surface area contributed by atoms with Gasteiger partial charge in [0.25, 0.3) is 5.56 Å². The highest BCUT2D eigenvalue weighted by molar-refractivity contribution is 7.99. The van der Waals surface area contributed by atoms with Gasteiger partial charge in [0.15, 0.2) is 5.16 Å². The SMILES string of the molecule is O=C(CSc1nc2c(oc3ccccc32)c(=O)n1C[C@H]1CCCO1)Nc1ccc(Cl)cc1. The first-order chi connectivity index (χ1) is 15.6. The molecule has 1 saturated heterocycles. The van der Waals surface area contributed by atoms with Crippen LogP contribution in [0.2, 0.25) is 5.02 Å². The third-order valence-corrected chi connectivity index (χ3v) is 6.55. The predicted octanol–water partition coefficient (Wildman–Crippen LogP) is 4.71. The molecule has 1 aliphatic rings. The Bertz CT molecular complexity index is 1340. The smallest absolute Gasteiger partial charge is 0.297 e. The zero-order chi connectivity index (χ0) is 22.1. The molecule has 1 atom stereocenters. The first-order valence-corrected chi connectivity index (χ1v) is 11.7. The Morgan fingerprint density at radius 3 is 2.81 bits per heavy atom. The molecule has 5 rings (SSSR count). The van der Waals surface area contributed by atoms with Gasteiger partial charge in [-0.3, -0.25) is 14.2 Å². The number of aromatic nitrogens is 2. The number of para-hydroxylation sites is 1. The van der Waals surface area contributed by atoms with E-state index in [1.165, 1.54) is 11.8 Å². The van der Waals surface area contributed by atoms with E-state index in [1.54, 1.807) is 28.8 Å². The van der Waals surface area contributed by atoms with Crippen LogP contribution in [0.5, 0.6) is 0 Å². The number of hydrogen-bond donors (Lipinski definition) is 1. The summed E-state index contributed by atoms with van der Waals surface area (Å²) in [4.78, 5) is 30.6. The van der Waals surface area contributed by atoms with Crippen LogP contribution in [0.1, 0.15) is 12.8 Å². The van der Waals surface area contributed by atoms with Crippen LogP contribution < -0.4 is 10.9 Å². The Morgan fingerprint density at radius 1 is 1.22 bits per heavy atom. The topological polar surface area (TPSA) is 86.4 Å². The van der Waals surface area contributed by atoms with E-state index in [4.69, 9.17) is 25.7 Å². The fraction of sp³-hybridized carbons (Fsp3) is 0.261. The van der Waals surface area contributed by atoms with Crippen molar-refractivity contribution in [3.8, 4) is 0 Å². The summed E-state index contributed by atoms with van der Waals surface area (Å²) in [6, 6.07) is 14.3. The molecule has 32 heavy (non-hydrogen) atoms. The maximum Gasteiger partial charge on any atom is 0.297 e. The zero-order valence-corrected chi connectivity index (χ0v) is 18.6. The summed E-state index contributed by atoms with van der Waals surface area (Å²) in [5.41, 5.74) is 1.73. The van der Waals surface area contributed by atoms with Crippen molar-refractivity contribution in [1.29, 1.82) is 0 Å². The van der Waals surface area contributed by atoms with Crippen molar-refractivity contribution in [3.05, 3.63) is 63.9 Å². The number of rotatable bonds is 6. The Morgan fingerprint density at radius 2 is 2.03 bits per heavy atom. The van der Waals surface area contributed by atoms with Crippen LogP contribution in [-0.2, 0) is 16.1 Å². The van der Waals surface area contributed by atoms with E-state index in [0.717, 1.165) is 18.2 Å². The third-order valence-electron chi connectivity index (χ3n) is 5.32. The van der Waals surface area contributed by atoms with Crippen molar-refractivity contribution < 1.29 is 13.9 Å². The molecule has 0 radical (unpaired) electrons. The van der Waals surface area contributed by atoms with Gasteiger partial charge in [-0.15, -0.1) is 0 Å². The Hall–Kier alpha value is -2.81. The normalized spacial score (nSPS) is 16.1. The van der Waals surface area contributed by atoms with Gasteiger partial charge >= 0.3 is 0 Å². The van der Waals surface area contributed by atoms with E-state index in [-0.39, 0.29) is 28.9 Å². The lowest BCUT2D eigenvalue weighted by Gasteiger charge is -2.15. The van der Waals surface area contributed by atoms with E-state index >= 15 is 0 Å². The Labute approximate surface area is 192 Å². The minimum Gasteiger partial charge on any atom is -0.448 e. The van der Waals surface area contributed by atoms with Crippen molar-refractivity contribution in [3.63, 3.8) is 0 Å². The molecular weight excluding hydrogens is 450 g/mol. The lowest BCUT2D eigenvalue weighted by molar-refractivity contribution is -0.113. The highest BCUT2D eigenvalue weighted by Gasteiger charge is 2.23. The molecule has 1 amide bonds. The lowest BCUT2D eigenvalue weighted by atomic mass is 10.2. The summed E-state index contributed by atoms with van der Waals surface area (Å²) in [6.07, 6.45) is 1.79. The molecule has 7 nitrogen and oxygen atoms in total. The summed E-state index contributed by atoms with van der Waals surface area (Å²) in [7, 11) is 0. The number of anilines is 1. The van der Waals surface area contributed by atoms with Crippen LogP contribution in [0.3, 0.4) is 0 Å². The second kappa shape index (κ2) is 8.97. The van der Waals surface area contributed by atoms with Gasteiger partial charge in [-0.05, 0) is 49.2 Å². The molecule has 4 aromatic rings. The number of ether oxygens (including phenoxy) is 1. The van der Waals surface area contributed by atoms with Gasteiger partial charge in [0.1, 0.15) is 11.1 Å². The van der Waals surface area contributed by atoms with Crippen molar-refractivity contribution >= 4 is 57.0 Å². The van der Waals surface area contributed by atoms with Crippen molar-refractivity contribution in [2.24, 2.45) is 0 Å². The molecule has 3 heterocycles. The van der Waals surface area contributed by atoms with Crippen molar-refractivity contribution in [2.45, 2.75) is 30.6 Å². The molecule has 0 bridgehead atoms. The Balaban J connectivity index is 1.46. The number of nitrogens with zero attached hydrogens (tertiary/aromatic N) is 2. The predicted molar refractivity (Wildman–Crippen MR) is 126 cm³/mol. The molecule has 164 valence electrons. The number of benzene rings is 2. The average Bonchev–Trinajstić information content (AvgIpc) is 3.44. The molecule has 2 aromatic heterocycles. The number of fused-ring (bicyclic) bond motifs is 3.